The third-order valence-corrected chi connectivity index (χ3v) is 4.82. The van der Waals surface area contributed by atoms with Crippen molar-refractivity contribution in [3.63, 3.8) is 0 Å². The number of carbonyl (C=O) groups is 1. The van der Waals surface area contributed by atoms with Crippen molar-refractivity contribution >= 4 is 28.6 Å². The predicted molar refractivity (Wildman–Crippen MR) is 96.1 cm³/mol. The van der Waals surface area contributed by atoms with Crippen LogP contribution in [0.5, 0.6) is 0 Å². The van der Waals surface area contributed by atoms with Gasteiger partial charge in [-0.2, -0.15) is 0 Å². The minimum absolute atomic E-state index is 0.399. The van der Waals surface area contributed by atoms with E-state index >= 15 is 0 Å². The Hall–Kier alpha value is -2.86. The molecule has 0 saturated heterocycles. The number of imidazole rings is 1. The molecule has 0 bridgehead atoms. The molecule has 0 atom stereocenters. The van der Waals surface area contributed by atoms with Crippen molar-refractivity contribution in [1.29, 1.82) is 0 Å². The standard InChI is InChI=1S/C19H20N4O2/c24-18(22-25)14-8-10-15(11-9-14)20-19-21-16-6-1-2-7-17(16)23(19)12-13-4-3-5-13/h1-2,6-11,13,25H,3-5,12H2,(H,20,21)(H,22,24). The summed E-state index contributed by atoms with van der Waals surface area (Å²) in [6, 6.07) is 15.1. The van der Waals surface area contributed by atoms with E-state index < -0.39 is 5.91 Å². The quantitative estimate of drug-likeness (QED) is 0.490. The van der Waals surface area contributed by atoms with Crippen LogP contribution < -0.4 is 10.8 Å². The molecule has 0 spiro atoms. The first-order valence-electron chi connectivity index (χ1n) is 8.51. The number of benzene rings is 2. The van der Waals surface area contributed by atoms with Gasteiger partial charge in [0.1, 0.15) is 0 Å². The average molecular weight is 336 g/mol. The van der Waals surface area contributed by atoms with Gasteiger partial charge in [0.05, 0.1) is 11.0 Å². The number of carbonyl (C=O) groups excluding carboxylic acids is 1. The fourth-order valence-electron chi connectivity index (χ4n) is 3.19. The minimum Gasteiger partial charge on any atom is -0.326 e. The molecule has 6 nitrogen and oxygen atoms in total. The largest absolute Gasteiger partial charge is 0.326 e. The van der Waals surface area contributed by atoms with E-state index in [0.717, 1.165) is 29.2 Å². The highest BCUT2D eigenvalue weighted by Gasteiger charge is 2.21. The second-order valence-electron chi connectivity index (χ2n) is 6.47. The number of fused-ring (bicyclic) bond motifs is 1. The van der Waals surface area contributed by atoms with E-state index in [4.69, 9.17) is 10.2 Å². The fraction of sp³-hybridized carbons (Fsp3) is 0.263. The molecule has 0 unspecified atom stereocenters. The van der Waals surface area contributed by atoms with E-state index in [1.54, 1.807) is 29.7 Å². The Bertz CT molecular complexity index is 897. The molecular weight excluding hydrogens is 316 g/mol. The number of hydrogen-bond acceptors (Lipinski definition) is 4. The van der Waals surface area contributed by atoms with Crippen LogP contribution in [0.1, 0.15) is 29.6 Å². The monoisotopic (exact) mass is 336 g/mol. The fourth-order valence-corrected chi connectivity index (χ4v) is 3.19. The van der Waals surface area contributed by atoms with E-state index in [2.05, 4.69) is 16.0 Å². The summed E-state index contributed by atoms with van der Waals surface area (Å²) in [6.45, 7) is 0.966. The van der Waals surface area contributed by atoms with Crippen molar-refractivity contribution in [3.05, 3.63) is 54.1 Å². The van der Waals surface area contributed by atoms with Crippen molar-refractivity contribution < 1.29 is 10.0 Å². The van der Waals surface area contributed by atoms with Gasteiger partial charge in [0.25, 0.3) is 5.91 Å². The van der Waals surface area contributed by atoms with E-state index in [1.807, 2.05) is 18.2 Å². The maximum absolute atomic E-state index is 11.4. The van der Waals surface area contributed by atoms with Gasteiger partial charge in [-0.3, -0.25) is 10.0 Å². The Morgan fingerprint density at radius 2 is 1.92 bits per heavy atom. The van der Waals surface area contributed by atoms with Crippen LogP contribution in [0.4, 0.5) is 11.6 Å². The smallest absolute Gasteiger partial charge is 0.274 e. The number of para-hydroxylation sites is 2. The highest BCUT2D eigenvalue weighted by Crippen LogP contribution is 2.31. The van der Waals surface area contributed by atoms with Gasteiger partial charge < -0.3 is 9.88 Å². The van der Waals surface area contributed by atoms with E-state index in [1.165, 1.54) is 19.3 Å². The maximum Gasteiger partial charge on any atom is 0.274 e. The van der Waals surface area contributed by atoms with Crippen LogP contribution in [-0.4, -0.2) is 20.7 Å². The highest BCUT2D eigenvalue weighted by molar-refractivity contribution is 5.93. The molecule has 3 aromatic rings. The molecule has 1 heterocycles. The Labute approximate surface area is 145 Å². The SMILES string of the molecule is O=C(NO)c1ccc(Nc2nc3ccccc3n2CC2CCC2)cc1. The van der Waals surface area contributed by atoms with Crippen LogP contribution in [0.3, 0.4) is 0 Å². The molecule has 4 rings (SSSR count). The van der Waals surface area contributed by atoms with Crippen LogP contribution in [0.15, 0.2) is 48.5 Å². The lowest BCUT2D eigenvalue weighted by Gasteiger charge is -2.26. The normalized spacial score (nSPS) is 14.3. The Kier molecular flexibility index (Phi) is 4.11. The lowest BCUT2D eigenvalue weighted by atomic mass is 9.85. The molecule has 128 valence electrons. The van der Waals surface area contributed by atoms with Crippen LogP contribution in [0, 0.1) is 5.92 Å². The molecule has 1 amide bonds. The Morgan fingerprint density at radius 1 is 1.16 bits per heavy atom. The summed E-state index contributed by atoms with van der Waals surface area (Å²) in [7, 11) is 0. The Morgan fingerprint density at radius 3 is 2.60 bits per heavy atom. The average Bonchev–Trinajstić information content (AvgIpc) is 2.95. The van der Waals surface area contributed by atoms with Crippen molar-refractivity contribution in [2.24, 2.45) is 5.92 Å². The number of amides is 1. The van der Waals surface area contributed by atoms with Crippen molar-refractivity contribution in [3.8, 4) is 0 Å². The summed E-state index contributed by atoms with van der Waals surface area (Å²) >= 11 is 0. The number of rotatable bonds is 5. The summed E-state index contributed by atoms with van der Waals surface area (Å²) in [4.78, 5) is 16.1. The number of anilines is 2. The van der Waals surface area contributed by atoms with Gasteiger partial charge in [-0.25, -0.2) is 10.5 Å². The summed E-state index contributed by atoms with van der Waals surface area (Å²) in [6.07, 6.45) is 3.86. The summed E-state index contributed by atoms with van der Waals surface area (Å²) < 4.78 is 2.24. The first-order chi connectivity index (χ1) is 12.2. The molecule has 0 radical (unpaired) electrons. The molecule has 3 N–H and O–H groups in total. The number of nitrogens with one attached hydrogen (secondary N) is 2. The van der Waals surface area contributed by atoms with Crippen molar-refractivity contribution in [2.75, 3.05) is 5.32 Å². The van der Waals surface area contributed by atoms with Crippen LogP contribution in [-0.2, 0) is 6.54 Å². The molecule has 2 aromatic carbocycles. The van der Waals surface area contributed by atoms with Gasteiger partial charge in [-0.05, 0) is 55.2 Å². The number of nitrogens with zero attached hydrogens (tertiary/aromatic N) is 2. The van der Waals surface area contributed by atoms with Crippen LogP contribution in [0.25, 0.3) is 11.0 Å². The highest BCUT2D eigenvalue weighted by atomic mass is 16.5. The lowest BCUT2D eigenvalue weighted by molar-refractivity contribution is 0.0706. The number of hydroxylamine groups is 1. The zero-order valence-corrected chi connectivity index (χ0v) is 13.8. The second-order valence-corrected chi connectivity index (χ2v) is 6.47. The number of aromatic nitrogens is 2. The Balaban J connectivity index is 1.63. The van der Waals surface area contributed by atoms with Crippen molar-refractivity contribution in [1.82, 2.24) is 15.0 Å². The molecule has 0 aliphatic heterocycles. The van der Waals surface area contributed by atoms with E-state index in [9.17, 15) is 4.79 Å². The first-order valence-corrected chi connectivity index (χ1v) is 8.51. The molecular formula is C19H20N4O2. The zero-order chi connectivity index (χ0) is 17.2. The lowest BCUT2D eigenvalue weighted by Crippen LogP contribution is -2.19. The topological polar surface area (TPSA) is 79.2 Å². The van der Waals surface area contributed by atoms with Crippen LogP contribution in [0.2, 0.25) is 0 Å². The molecule has 1 aliphatic rings. The van der Waals surface area contributed by atoms with Crippen LogP contribution >= 0.6 is 0 Å². The van der Waals surface area contributed by atoms with E-state index in [-0.39, 0.29) is 0 Å². The van der Waals surface area contributed by atoms with E-state index in [0.29, 0.717) is 11.5 Å². The molecule has 1 saturated carbocycles. The predicted octanol–water partition coefficient (Wildman–Crippen LogP) is 3.70. The van der Waals surface area contributed by atoms with Gasteiger partial charge >= 0.3 is 0 Å². The molecule has 1 aromatic heterocycles. The summed E-state index contributed by atoms with van der Waals surface area (Å²) in [5.41, 5.74) is 4.99. The summed E-state index contributed by atoms with van der Waals surface area (Å²) in [5, 5.41) is 12.1. The van der Waals surface area contributed by atoms with Gasteiger partial charge in [-0.15, -0.1) is 0 Å². The maximum atomic E-state index is 11.4. The molecule has 6 heteroatoms. The van der Waals surface area contributed by atoms with Gasteiger partial charge in [-0.1, -0.05) is 18.6 Å². The zero-order valence-electron chi connectivity index (χ0n) is 13.8. The molecule has 25 heavy (non-hydrogen) atoms. The van der Waals surface area contributed by atoms with Gasteiger partial charge in [0.2, 0.25) is 5.95 Å². The van der Waals surface area contributed by atoms with Gasteiger partial charge in [0.15, 0.2) is 0 Å². The minimum atomic E-state index is -0.524. The van der Waals surface area contributed by atoms with Gasteiger partial charge in [0, 0.05) is 17.8 Å². The molecule has 1 fully saturated rings. The molecule has 1 aliphatic carbocycles. The third-order valence-electron chi connectivity index (χ3n) is 4.82. The second kappa shape index (κ2) is 6.57. The number of hydrogen-bond donors (Lipinski definition) is 3. The summed E-state index contributed by atoms with van der Waals surface area (Å²) in [5.74, 6) is 1.00. The van der Waals surface area contributed by atoms with Crippen molar-refractivity contribution in [2.45, 2.75) is 25.8 Å². The first kappa shape index (κ1) is 15.7. The third kappa shape index (κ3) is 3.08.